The zero-order valence-electron chi connectivity index (χ0n) is 4.87. The van der Waals surface area contributed by atoms with Gasteiger partial charge in [-0.1, -0.05) is 0 Å². The van der Waals surface area contributed by atoms with Crippen molar-refractivity contribution in [2.24, 2.45) is 0 Å². The van der Waals surface area contributed by atoms with Gasteiger partial charge >= 0.3 is 0 Å². The molecule has 4 N–H and O–H groups in total. The Bertz CT molecular complexity index is 229. The molecular formula is C6H5O4. The van der Waals surface area contributed by atoms with E-state index in [4.69, 9.17) is 20.4 Å². The third-order valence-corrected chi connectivity index (χ3v) is 1.04. The second-order valence-electron chi connectivity index (χ2n) is 1.72. The van der Waals surface area contributed by atoms with Gasteiger partial charge in [0, 0.05) is 6.07 Å². The monoisotopic (exact) mass is 141 g/mol. The number of hydrogen-bond donors (Lipinski definition) is 4. The summed E-state index contributed by atoms with van der Waals surface area (Å²) in [6.45, 7) is 0. The fourth-order valence-corrected chi connectivity index (χ4v) is 0.507. The Morgan fingerprint density at radius 2 is 1.60 bits per heavy atom. The number of phenolic OH excluding ortho intramolecular Hbond substituents is 4. The maximum absolute atomic E-state index is 8.71. The van der Waals surface area contributed by atoms with Crippen LogP contribution in [0.1, 0.15) is 0 Å². The van der Waals surface area contributed by atoms with E-state index in [9.17, 15) is 0 Å². The molecule has 0 bridgehead atoms. The van der Waals surface area contributed by atoms with Gasteiger partial charge in [0.1, 0.15) is 0 Å². The van der Waals surface area contributed by atoms with Crippen molar-refractivity contribution in [3.63, 3.8) is 0 Å². The highest BCUT2D eigenvalue weighted by atomic mass is 16.3. The van der Waals surface area contributed by atoms with E-state index in [0.717, 1.165) is 6.07 Å². The van der Waals surface area contributed by atoms with Gasteiger partial charge in [0.25, 0.3) is 0 Å². The lowest BCUT2D eigenvalue weighted by molar-refractivity contribution is 0.345. The maximum Gasteiger partial charge on any atom is 0.204 e. The first kappa shape index (κ1) is 6.54. The lowest BCUT2D eigenvalue weighted by Gasteiger charge is -1.99. The first-order valence-electron chi connectivity index (χ1n) is 2.47. The number of benzene rings is 1. The van der Waals surface area contributed by atoms with E-state index in [-0.39, 0.29) is 0 Å². The second-order valence-corrected chi connectivity index (χ2v) is 1.72. The van der Waals surface area contributed by atoms with Crippen molar-refractivity contribution in [1.29, 1.82) is 0 Å². The Morgan fingerprint density at radius 1 is 1.00 bits per heavy atom. The Hall–Kier alpha value is -1.58. The van der Waals surface area contributed by atoms with Gasteiger partial charge in [0.15, 0.2) is 11.5 Å². The molecule has 0 aliphatic carbocycles. The third-order valence-electron chi connectivity index (χ3n) is 1.04. The summed E-state index contributed by atoms with van der Waals surface area (Å²) in [6, 6.07) is 3.05. The van der Waals surface area contributed by atoms with E-state index in [1.54, 1.807) is 0 Å². The van der Waals surface area contributed by atoms with Crippen molar-refractivity contribution in [2.45, 2.75) is 0 Å². The van der Waals surface area contributed by atoms with Gasteiger partial charge in [-0.25, -0.2) is 0 Å². The van der Waals surface area contributed by atoms with Crippen molar-refractivity contribution in [2.75, 3.05) is 0 Å². The van der Waals surface area contributed by atoms with Gasteiger partial charge < -0.3 is 20.4 Å². The van der Waals surface area contributed by atoms with Crippen molar-refractivity contribution in [1.82, 2.24) is 0 Å². The third kappa shape index (κ3) is 0.793. The Balaban J connectivity index is 3.34. The number of aromatic hydroxyl groups is 4. The van der Waals surface area contributed by atoms with Crippen molar-refractivity contribution in [3.05, 3.63) is 12.1 Å². The van der Waals surface area contributed by atoms with Crippen LogP contribution in [0.4, 0.5) is 0 Å². The maximum atomic E-state index is 8.71. The SMILES string of the molecule is Oc1[c]cc(O)c(O)c1O. The molecule has 0 amide bonds. The highest BCUT2D eigenvalue weighted by molar-refractivity contribution is 5.55. The van der Waals surface area contributed by atoms with Crippen LogP contribution in [0, 0.1) is 6.07 Å². The van der Waals surface area contributed by atoms with Crippen LogP contribution in [0.3, 0.4) is 0 Å². The summed E-state index contributed by atoms with van der Waals surface area (Å²) in [7, 11) is 0. The molecule has 0 saturated heterocycles. The smallest absolute Gasteiger partial charge is 0.204 e. The Morgan fingerprint density at radius 3 is 2.10 bits per heavy atom. The molecule has 0 aromatic heterocycles. The van der Waals surface area contributed by atoms with Crippen molar-refractivity contribution < 1.29 is 20.4 Å². The van der Waals surface area contributed by atoms with Gasteiger partial charge in [0.2, 0.25) is 11.5 Å². The fraction of sp³-hybridized carbons (Fsp3) is 0. The molecule has 1 rings (SSSR count). The lowest BCUT2D eigenvalue weighted by Crippen LogP contribution is -1.71. The van der Waals surface area contributed by atoms with Crippen molar-refractivity contribution in [3.8, 4) is 23.0 Å². The van der Waals surface area contributed by atoms with E-state index in [1.165, 1.54) is 0 Å². The molecule has 1 aromatic carbocycles. The largest absolute Gasteiger partial charge is 0.504 e. The summed E-state index contributed by atoms with van der Waals surface area (Å²) in [4.78, 5) is 0. The Labute approximate surface area is 56.6 Å². The number of rotatable bonds is 0. The van der Waals surface area contributed by atoms with Crippen LogP contribution in [0.5, 0.6) is 23.0 Å². The molecule has 0 heterocycles. The van der Waals surface area contributed by atoms with E-state index >= 15 is 0 Å². The summed E-state index contributed by atoms with van der Waals surface area (Å²) in [6.07, 6.45) is 0. The summed E-state index contributed by atoms with van der Waals surface area (Å²) >= 11 is 0. The summed E-state index contributed by atoms with van der Waals surface area (Å²) in [5.74, 6) is -2.61. The van der Waals surface area contributed by atoms with Crippen LogP contribution < -0.4 is 0 Å². The van der Waals surface area contributed by atoms with Crippen molar-refractivity contribution >= 4 is 0 Å². The quantitative estimate of drug-likeness (QED) is 0.309. The molecule has 0 atom stereocenters. The standard InChI is InChI=1S/C6H5O4/c7-3-1-2-4(8)6(10)5(3)9/h1,7-10H. The molecule has 0 unspecified atom stereocenters. The van der Waals surface area contributed by atoms with E-state index in [2.05, 4.69) is 6.07 Å². The number of phenols is 4. The predicted molar refractivity (Wildman–Crippen MR) is 31.9 cm³/mol. The molecule has 53 valence electrons. The van der Waals surface area contributed by atoms with Crippen LogP contribution >= 0.6 is 0 Å². The van der Waals surface area contributed by atoms with E-state index in [1.807, 2.05) is 0 Å². The first-order valence-corrected chi connectivity index (χ1v) is 2.47. The molecule has 1 aromatic rings. The van der Waals surface area contributed by atoms with Crippen LogP contribution in [0.25, 0.3) is 0 Å². The zero-order chi connectivity index (χ0) is 7.72. The van der Waals surface area contributed by atoms with Gasteiger partial charge in [-0.05, 0) is 6.07 Å². The molecule has 0 aliphatic rings. The van der Waals surface area contributed by atoms with Crippen LogP contribution in [0.15, 0.2) is 6.07 Å². The lowest BCUT2D eigenvalue weighted by atomic mass is 10.3. The molecule has 10 heavy (non-hydrogen) atoms. The Kier molecular flexibility index (Phi) is 1.30. The van der Waals surface area contributed by atoms with E-state index < -0.39 is 23.0 Å². The van der Waals surface area contributed by atoms with Gasteiger partial charge in [-0.15, -0.1) is 0 Å². The fourth-order valence-electron chi connectivity index (χ4n) is 0.507. The molecule has 0 saturated carbocycles. The molecular weight excluding hydrogens is 136 g/mol. The van der Waals surface area contributed by atoms with Gasteiger partial charge in [-0.3, -0.25) is 0 Å². The molecule has 0 fully saturated rings. The molecule has 4 heteroatoms. The first-order chi connectivity index (χ1) is 4.63. The van der Waals surface area contributed by atoms with Crippen LogP contribution in [-0.2, 0) is 0 Å². The van der Waals surface area contributed by atoms with Gasteiger partial charge in [-0.2, -0.15) is 0 Å². The second kappa shape index (κ2) is 1.98. The summed E-state index contributed by atoms with van der Waals surface area (Å²) in [5, 5.41) is 34.7. The average Bonchev–Trinajstić information content (AvgIpc) is 1.93. The molecule has 1 radical (unpaired) electrons. The van der Waals surface area contributed by atoms with Crippen LogP contribution in [-0.4, -0.2) is 20.4 Å². The predicted octanol–water partition coefficient (Wildman–Crippen LogP) is 0.309. The molecule has 0 aliphatic heterocycles. The minimum absolute atomic E-state index is 0.518. The molecule has 4 nitrogen and oxygen atoms in total. The normalized spacial score (nSPS) is 9.60. The highest BCUT2D eigenvalue weighted by Gasteiger charge is 2.08. The van der Waals surface area contributed by atoms with Crippen LogP contribution in [0.2, 0.25) is 0 Å². The zero-order valence-corrected chi connectivity index (χ0v) is 4.87. The summed E-state index contributed by atoms with van der Waals surface area (Å²) in [5.41, 5.74) is 0. The topological polar surface area (TPSA) is 80.9 Å². The average molecular weight is 141 g/mol. The summed E-state index contributed by atoms with van der Waals surface area (Å²) < 4.78 is 0. The van der Waals surface area contributed by atoms with E-state index in [0.29, 0.717) is 0 Å². The van der Waals surface area contributed by atoms with Gasteiger partial charge in [0.05, 0.1) is 0 Å². The minimum atomic E-state index is -0.764. The number of hydrogen-bond acceptors (Lipinski definition) is 4. The highest BCUT2D eigenvalue weighted by Crippen LogP contribution is 2.40. The minimum Gasteiger partial charge on any atom is -0.504 e. The molecule has 0 spiro atoms.